The monoisotopic (exact) mass is 548 g/mol. The van der Waals surface area contributed by atoms with E-state index in [9.17, 15) is 5.11 Å². The number of fused-ring (bicyclic) bond motifs is 1. The second-order valence-electron chi connectivity index (χ2n) is 10.5. The molecule has 5 heteroatoms. The van der Waals surface area contributed by atoms with Crippen molar-refractivity contribution < 1.29 is 19.3 Å². The van der Waals surface area contributed by atoms with Gasteiger partial charge in [-0.2, -0.15) is 0 Å². The molecule has 0 aliphatic rings. The van der Waals surface area contributed by atoms with E-state index < -0.39 is 6.10 Å². The lowest BCUT2D eigenvalue weighted by Gasteiger charge is -2.16. The Bertz CT molecular complexity index is 828. The molecule has 2 rings (SSSR count). The van der Waals surface area contributed by atoms with E-state index in [1.165, 1.54) is 96.3 Å². The fraction of sp³-hybridized carbons (Fsp3) is 0.697. The van der Waals surface area contributed by atoms with E-state index in [-0.39, 0.29) is 6.61 Å². The van der Waals surface area contributed by atoms with Crippen LogP contribution in [0.3, 0.4) is 0 Å². The largest absolute Gasteiger partial charge is 0.492 e. The van der Waals surface area contributed by atoms with E-state index in [0.29, 0.717) is 25.7 Å². The summed E-state index contributed by atoms with van der Waals surface area (Å²) >= 11 is 5.76. The van der Waals surface area contributed by atoms with Gasteiger partial charge in [0.1, 0.15) is 30.8 Å². The molecule has 0 fully saturated rings. The molecule has 0 heterocycles. The quantitative estimate of drug-likeness (QED) is 0.0991. The van der Waals surface area contributed by atoms with Crippen molar-refractivity contribution in [3.8, 4) is 11.5 Å². The Morgan fingerprint density at radius 3 is 1.58 bits per heavy atom. The Kier molecular flexibility index (Phi) is 19.2. The summed E-state index contributed by atoms with van der Waals surface area (Å²) in [5, 5.41) is 12.2. The minimum atomic E-state index is -0.651. The predicted molar refractivity (Wildman–Crippen MR) is 162 cm³/mol. The van der Waals surface area contributed by atoms with Crippen LogP contribution < -0.4 is 9.47 Å². The van der Waals surface area contributed by atoms with Gasteiger partial charge >= 0.3 is 0 Å². The molecule has 0 amide bonds. The molecular formula is C33H53ClO4. The van der Waals surface area contributed by atoms with Gasteiger partial charge in [-0.15, -0.1) is 11.6 Å². The summed E-state index contributed by atoms with van der Waals surface area (Å²) in [4.78, 5) is 0. The molecule has 1 N–H and O–H groups in total. The van der Waals surface area contributed by atoms with Gasteiger partial charge in [0.05, 0.1) is 12.5 Å². The highest BCUT2D eigenvalue weighted by atomic mass is 35.5. The summed E-state index contributed by atoms with van der Waals surface area (Å²) in [5.41, 5.74) is 0. The van der Waals surface area contributed by atoms with Crippen LogP contribution in [0.5, 0.6) is 11.5 Å². The number of aliphatic hydroxyl groups is 1. The van der Waals surface area contributed by atoms with E-state index in [0.717, 1.165) is 28.7 Å². The smallest absolute Gasteiger partial charge is 0.127 e. The minimum absolute atomic E-state index is 0.199. The third-order valence-corrected chi connectivity index (χ3v) is 7.22. The maximum atomic E-state index is 10.3. The normalized spacial score (nSPS) is 12.2. The van der Waals surface area contributed by atoms with Crippen LogP contribution in [0.2, 0.25) is 0 Å². The van der Waals surface area contributed by atoms with Gasteiger partial charge in [-0.25, -0.2) is 0 Å². The lowest BCUT2D eigenvalue weighted by molar-refractivity contribution is 0.0112. The van der Waals surface area contributed by atoms with Crippen LogP contribution in [0.25, 0.3) is 10.8 Å². The number of benzene rings is 2. The lowest BCUT2D eigenvalue weighted by atomic mass is 10.0. The third-order valence-electron chi connectivity index (χ3n) is 7.06. The Balaban J connectivity index is 1.42. The van der Waals surface area contributed by atoms with Crippen molar-refractivity contribution in [3.63, 3.8) is 0 Å². The first-order chi connectivity index (χ1) is 18.8. The maximum absolute atomic E-state index is 10.3. The maximum Gasteiger partial charge on any atom is 0.127 e. The highest BCUT2D eigenvalue weighted by molar-refractivity contribution is 6.18. The number of alkyl halides is 1. The molecule has 0 aliphatic carbocycles. The topological polar surface area (TPSA) is 47.9 Å². The number of hydrogen-bond acceptors (Lipinski definition) is 4. The van der Waals surface area contributed by atoms with E-state index in [1.807, 2.05) is 36.4 Å². The number of unbranched alkanes of at least 4 members (excludes halogenated alkanes) is 15. The van der Waals surface area contributed by atoms with Crippen molar-refractivity contribution in [1.29, 1.82) is 0 Å². The molecule has 4 nitrogen and oxygen atoms in total. The summed E-state index contributed by atoms with van der Waals surface area (Å²) in [6.45, 7) is 3.94. The molecule has 2 aromatic rings. The van der Waals surface area contributed by atoms with Gasteiger partial charge in [0.15, 0.2) is 0 Å². The number of aliphatic hydroxyl groups excluding tert-OH is 1. The molecule has 1 atom stereocenters. The Hall–Kier alpha value is -1.49. The summed E-state index contributed by atoms with van der Waals surface area (Å²) in [6, 6.07) is 11.7. The second-order valence-corrected chi connectivity index (χ2v) is 10.9. The summed E-state index contributed by atoms with van der Waals surface area (Å²) < 4.78 is 17.3. The molecule has 2 aromatic carbocycles. The lowest BCUT2D eigenvalue weighted by Crippen LogP contribution is -2.23. The summed E-state index contributed by atoms with van der Waals surface area (Å²) in [6.07, 6.45) is 21.1. The molecule has 1 unspecified atom stereocenters. The highest BCUT2D eigenvalue weighted by Gasteiger charge is 2.11. The minimum Gasteiger partial charge on any atom is -0.492 e. The molecule has 0 spiro atoms. The number of ether oxygens (including phenoxy) is 3. The fourth-order valence-corrected chi connectivity index (χ4v) is 4.93. The molecule has 0 saturated carbocycles. The average Bonchev–Trinajstić information content (AvgIpc) is 2.94. The van der Waals surface area contributed by atoms with Crippen LogP contribution in [-0.4, -0.2) is 43.5 Å². The van der Waals surface area contributed by atoms with Gasteiger partial charge in [-0.3, -0.25) is 0 Å². The zero-order valence-electron chi connectivity index (χ0n) is 23.9. The fourth-order valence-electron chi connectivity index (χ4n) is 4.85. The van der Waals surface area contributed by atoms with Crippen LogP contribution in [-0.2, 0) is 4.74 Å². The van der Waals surface area contributed by atoms with Crippen molar-refractivity contribution in [3.05, 3.63) is 36.4 Å². The van der Waals surface area contributed by atoms with Gasteiger partial charge in [0.25, 0.3) is 0 Å². The van der Waals surface area contributed by atoms with Crippen LogP contribution in [0.4, 0.5) is 0 Å². The Morgan fingerprint density at radius 1 is 0.605 bits per heavy atom. The van der Waals surface area contributed by atoms with E-state index in [1.54, 1.807) is 0 Å². The van der Waals surface area contributed by atoms with E-state index in [4.69, 9.17) is 25.8 Å². The molecule has 0 bridgehead atoms. The first-order valence-electron chi connectivity index (χ1n) is 15.4. The molecule has 38 heavy (non-hydrogen) atoms. The van der Waals surface area contributed by atoms with Crippen LogP contribution in [0.15, 0.2) is 36.4 Å². The Labute approximate surface area is 237 Å². The second kappa shape index (κ2) is 22.3. The van der Waals surface area contributed by atoms with Crippen molar-refractivity contribution in [2.45, 2.75) is 116 Å². The van der Waals surface area contributed by atoms with Crippen LogP contribution in [0.1, 0.15) is 110 Å². The molecule has 0 aliphatic heterocycles. The number of rotatable bonds is 25. The first kappa shape index (κ1) is 32.7. The standard InChI is InChI=1S/C33H53ClO4/c1-2-3-4-5-6-7-8-9-10-11-12-13-14-15-16-19-25-36-27-29(35)28-38-33-23-22-32(37-26-24-34)30-20-17-18-21-31(30)33/h17-18,20-23,29,35H,2-16,19,24-28H2,1H3. The molecule has 0 saturated heterocycles. The van der Waals surface area contributed by atoms with Crippen LogP contribution in [0, 0.1) is 0 Å². The average molecular weight is 549 g/mol. The molecule has 0 aromatic heterocycles. The van der Waals surface area contributed by atoms with E-state index >= 15 is 0 Å². The van der Waals surface area contributed by atoms with Gasteiger partial charge in [-0.05, 0) is 18.6 Å². The number of hydrogen-bond donors (Lipinski definition) is 1. The number of halogens is 1. The van der Waals surface area contributed by atoms with Crippen LogP contribution >= 0.6 is 11.6 Å². The van der Waals surface area contributed by atoms with Gasteiger partial charge < -0.3 is 19.3 Å². The van der Waals surface area contributed by atoms with Gasteiger partial charge in [-0.1, -0.05) is 128 Å². The summed E-state index contributed by atoms with van der Waals surface area (Å²) in [5.74, 6) is 1.96. The first-order valence-corrected chi connectivity index (χ1v) is 15.9. The predicted octanol–water partition coefficient (Wildman–Crippen LogP) is 9.48. The van der Waals surface area contributed by atoms with Crippen molar-refractivity contribution in [2.24, 2.45) is 0 Å². The zero-order chi connectivity index (χ0) is 27.1. The van der Waals surface area contributed by atoms with E-state index in [2.05, 4.69) is 6.92 Å². The van der Waals surface area contributed by atoms with Gasteiger partial charge in [0, 0.05) is 17.4 Å². The van der Waals surface area contributed by atoms with Gasteiger partial charge in [0.2, 0.25) is 0 Å². The SMILES string of the molecule is CCCCCCCCCCCCCCCCCCOCC(O)COc1ccc(OCCCl)c2ccccc12. The highest BCUT2D eigenvalue weighted by Crippen LogP contribution is 2.33. The summed E-state index contributed by atoms with van der Waals surface area (Å²) in [7, 11) is 0. The van der Waals surface area contributed by atoms with Crippen molar-refractivity contribution >= 4 is 22.4 Å². The van der Waals surface area contributed by atoms with Crippen molar-refractivity contribution in [1.82, 2.24) is 0 Å². The van der Waals surface area contributed by atoms with Crippen molar-refractivity contribution in [2.75, 3.05) is 32.3 Å². The third kappa shape index (κ3) is 14.6. The molecular weight excluding hydrogens is 496 g/mol. The molecule has 216 valence electrons. The zero-order valence-corrected chi connectivity index (χ0v) is 24.7. The Morgan fingerprint density at radius 2 is 1.08 bits per heavy atom. The molecule has 0 radical (unpaired) electrons.